The molecular formula is C12H12N4O4. The lowest BCUT2D eigenvalue weighted by atomic mass is 10.1. The molecular weight excluding hydrogens is 264 g/mol. The molecule has 1 aromatic carbocycles. The molecule has 2 atom stereocenters. The van der Waals surface area contributed by atoms with E-state index < -0.39 is 11.0 Å². The molecule has 0 amide bonds. The summed E-state index contributed by atoms with van der Waals surface area (Å²) >= 11 is 0. The zero-order chi connectivity index (χ0) is 14.1. The molecule has 2 heterocycles. The number of para-hydroxylation sites is 1. The zero-order valence-electron chi connectivity index (χ0n) is 10.4. The molecule has 0 spiro atoms. The van der Waals surface area contributed by atoms with Crippen molar-refractivity contribution in [2.75, 3.05) is 6.54 Å². The Labute approximate surface area is 113 Å². The molecule has 2 aromatic rings. The van der Waals surface area contributed by atoms with Crippen LogP contribution < -0.4 is 5.32 Å². The number of nitrogens with zero attached hydrogens (tertiary/aromatic N) is 3. The van der Waals surface area contributed by atoms with Crippen molar-refractivity contribution in [3.63, 3.8) is 0 Å². The van der Waals surface area contributed by atoms with E-state index in [-0.39, 0.29) is 17.6 Å². The Balaban J connectivity index is 1.92. The Morgan fingerprint density at radius 3 is 2.95 bits per heavy atom. The zero-order valence-corrected chi connectivity index (χ0v) is 10.4. The van der Waals surface area contributed by atoms with E-state index in [1.807, 2.05) is 0 Å². The minimum Gasteiger partial charge on any atom is -0.392 e. The molecule has 0 unspecified atom stereocenters. The molecule has 1 aliphatic rings. The highest BCUT2D eigenvalue weighted by Crippen LogP contribution is 2.29. The van der Waals surface area contributed by atoms with Gasteiger partial charge in [-0.2, -0.15) is 4.98 Å². The third kappa shape index (κ3) is 2.26. The van der Waals surface area contributed by atoms with Gasteiger partial charge in [-0.05, 0) is 12.5 Å². The van der Waals surface area contributed by atoms with Crippen LogP contribution in [-0.2, 0) is 0 Å². The monoisotopic (exact) mass is 276 g/mol. The predicted molar refractivity (Wildman–Crippen MR) is 67.8 cm³/mol. The van der Waals surface area contributed by atoms with E-state index in [4.69, 9.17) is 4.52 Å². The molecule has 20 heavy (non-hydrogen) atoms. The first-order valence-electron chi connectivity index (χ1n) is 6.14. The fraction of sp³-hybridized carbons (Fsp3) is 0.333. The van der Waals surface area contributed by atoms with Gasteiger partial charge < -0.3 is 14.9 Å². The minimum absolute atomic E-state index is 0.0701. The third-order valence-corrected chi connectivity index (χ3v) is 3.19. The molecule has 0 aliphatic carbocycles. The van der Waals surface area contributed by atoms with Crippen LogP contribution in [0, 0.1) is 10.1 Å². The highest BCUT2D eigenvalue weighted by atomic mass is 16.6. The largest absolute Gasteiger partial charge is 0.392 e. The van der Waals surface area contributed by atoms with Gasteiger partial charge in [0.15, 0.2) is 0 Å². The van der Waals surface area contributed by atoms with Crippen LogP contribution in [0.4, 0.5) is 5.69 Å². The van der Waals surface area contributed by atoms with Crippen molar-refractivity contribution in [2.24, 2.45) is 0 Å². The van der Waals surface area contributed by atoms with Gasteiger partial charge in [-0.25, -0.2) is 0 Å². The van der Waals surface area contributed by atoms with Crippen molar-refractivity contribution in [1.82, 2.24) is 15.5 Å². The number of aromatic nitrogens is 2. The maximum atomic E-state index is 11.0. The summed E-state index contributed by atoms with van der Waals surface area (Å²) in [7, 11) is 0. The van der Waals surface area contributed by atoms with E-state index in [1.165, 1.54) is 6.07 Å². The van der Waals surface area contributed by atoms with E-state index in [0.29, 0.717) is 24.4 Å². The highest BCUT2D eigenvalue weighted by Gasteiger charge is 2.29. The Morgan fingerprint density at radius 2 is 2.25 bits per heavy atom. The first-order chi connectivity index (χ1) is 9.65. The molecule has 0 radical (unpaired) electrons. The van der Waals surface area contributed by atoms with Gasteiger partial charge in [0.2, 0.25) is 11.7 Å². The number of aliphatic hydroxyl groups is 1. The lowest BCUT2D eigenvalue weighted by Crippen LogP contribution is -2.15. The number of benzene rings is 1. The second-order valence-corrected chi connectivity index (χ2v) is 4.58. The summed E-state index contributed by atoms with van der Waals surface area (Å²) in [4.78, 5) is 14.7. The maximum Gasteiger partial charge on any atom is 0.280 e. The Hall–Kier alpha value is -2.32. The number of β-amino-alcohol motifs (C(OH)–C–C–N with tert-alkyl or cyclic N) is 1. The second-order valence-electron chi connectivity index (χ2n) is 4.58. The summed E-state index contributed by atoms with van der Waals surface area (Å²) in [5.74, 6) is 0.505. The Kier molecular flexibility index (Phi) is 3.17. The van der Waals surface area contributed by atoms with Gasteiger partial charge in [0.25, 0.3) is 5.69 Å². The molecule has 2 N–H and O–H groups in total. The number of rotatable bonds is 3. The molecule has 104 valence electrons. The SMILES string of the molecule is O=[N+]([O-])c1ccccc1-c1noc([C@@H]2C[C@@H](O)CN2)n1. The van der Waals surface area contributed by atoms with Crippen molar-refractivity contribution in [3.05, 3.63) is 40.3 Å². The number of aliphatic hydroxyl groups excluding tert-OH is 1. The van der Waals surface area contributed by atoms with Gasteiger partial charge in [0.1, 0.15) is 5.56 Å². The number of nitro groups is 1. The van der Waals surface area contributed by atoms with Gasteiger partial charge in [-0.3, -0.25) is 10.1 Å². The normalized spacial score (nSPS) is 22.1. The molecule has 1 saturated heterocycles. The summed E-state index contributed by atoms with van der Waals surface area (Å²) < 4.78 is 5.13. The minimum atomic E-state index is -0.483. The van der Waals surface area contributed by atoms with Crippen LogP contribution in [0.15, 0.2) is 28.8 Å². The fourth-order valence-electron chi connectivity index (χ4n) is 2.21. The van der Waals surface area contributed by atoms with Crippen molar-refractivity contribution in [3.8, 4) is 11.4 Å². The molecule has 0 bridgehead atoms. The summed E-state index contributed by atoms with van der Waals surface area (Å²) in [5.41, 5.74) is 0.241. The molecule has 8 nitrogen and oxygen atoms in total. The van der Waals surface area contributed by atoms with E-state index in [1.54, 1.807) is 18.2 Å². The van der Waals surface area contributed by atoms with Crippen LogP contribution in [0.3, 0.4) is 0 Å². The molecule has 0 saturated carbocycles. The van der Waals surface area contributed by atoms with Gasteiger partial charge in [-0.15, -0.1) is 0 Å². The van der Waals surface area contributed by atoms with E-state index >= 15 is 0 Å². The fourth-order valence-corrected chi connectivity index (χ4v) is 2.21. The van der Waals surface area contributed by atoms with Crippen molar-refractivity contribution in [2.45, 2.75) is 18.6 Å². The van der Waals surface area contributed by atoms with Gasteiger partial charge >= 0.3 is 0 Å². The van der Waals surface area contributed by atoms with E-state index in [9.17, 15) is 15.2 Å². The number of hydrogen-bond acceptors (Lipinski definition) is 7. The summed E-state index contributed by atoms with van der Waals surface area (Å²) in [6.07, 6.45) is 0.0415. The van der Waals surface area contributed by atoms with Crippen LogP contribution >= 0.6 is 0 Å². The first kappa shape index (κ1) is 12.7. The lowest BCUT2D eigenvalue weighted by Gasteiger charge is -2.01. The maximum absolute atomic E-state index is 11.0. The van der Waals surface area contributed by atoms with Crippen LogP contribution in [0.25, 0.3) is 11.4 Å². The molecule has 8 heteroatoms. The lowest BCUT2D eigenvalue weighted by molar-refractivity contribution is -0.384. The number of nitrogens with one attached hydrogen (secondary N) is 1. The predicted octanol–water partition coefficient (Wildman–Crippen LogP) is 1.04. The van der Waals surface area contributed by atoms with Gasteiger partial charge in [0, 0.05) is 12.6 Å². The number of hydrogen-bond donors (Lipinski definition) is 2. The van der Waals surface area contributed by atoms with Gasteiger partial charge in [-0.1, -0.05) is 17.3 Å². The second kappa shape index (κ2) is 4.99. The molecule has 3 rings (SSSR count). The van der Waals surface area contributed by atoms with Crippen LogP contribution in [0.2, 0.25) is 0 Å². The standard InChI is InChI=1S/C12H12N4O4/c17-7-5-9(13-6-7)12-14-11(15-20-12)8-3-1-2-4-10(8)16(18)19/h1-4,7,9,13,17H,5-6H2/t7-,9+/m1/s1. The Bertz CT molecular complexity index is 642. The molecule has 1 aliphatic heterocycles. The number of nitro benzene ring substituents is 1. The van der Waals surface area contributed by atoms with Crippen LogP contribution in [-0.4, -0.2) is 32.8 Å². The molecule has 1 aromatic heterocycles. The van der Waals surface area contributed by atoms with Gasteiger partial charge in [0.05, 0.1) is 17.1 Å². The molecule has 1 fully saturated rings. The van der Waals surface area contributed by atoms with Crippen molar-refractivity contribution >= 4 is 5.69 Å². The average molecular weight is 276 g/mol. The van der Waals surface area contributed by atoms with Crippen LogP contribution in [0.5, 0.6) is 0 Å². The quantitative estimate of drug-likeness (QED) is 0.635. The summed E-state index contributed by atoms with van der Waals surface area (Å²) in [6.45, 7) is 0.466. The van der Waals surface area contributed by atoms with Crippen LogP contribution in [0.1, 0.15) is 18.4 Å². The third-order valence-electron chi connectivity index (χ3n) is 3.19. The van der Waals surface area contributed by atoms with E-state index in [2.05, 4.69) is 15.5 Å². The first-order valence-corrected chi connectivity index (χ1v) is 6.14. The smallest absolute Gasteiger partial charge is 0.280 e. The average Bonchev–Trinajstić information content (AvgIpc) is 3.07. The summed E-state index contributed by atoms with van der Waals surface area (Å²) in [5, 5.41) is 27.3. The van der Waals surface area contributed by atoms with Crippen molar-refractivity contribution in [1.29, 1.82) is 0 Å². The highest BCUT2D eigenvalue weighted by molar-refractivity contribution is 5.67. The van der Waals surface area contributed by atoms with Crippen molar-refractivity contribution < 1.29 is 14.6 Å². The Morgan fingerprint density at radius 1 is 1.45 bits per heavy atom. The van der Waals surface area contributed by atoms with E-state index in [0.717, 1.165) is 0 Å². The summed E-state index contributed by atoms with van der Waals surface area (Å²) in [6, 6.07) is 6.01. The topological polar surface area (TPSA) is 114 Å².